The Labute approximate surface area is 115 Å². The molecule has 0 radical (unpaired) electrons. The van der Waals surface area contributed by atoms with Crippen molar-refractivity contribution in [2.75, 3.05) is 6.54 Å². The van der Waals surface area contributed by atoms with Gasteiger partial charge < -0.3 is 10.7 Å². The molecule has 1 aromatic carbocycles. The summed E-state index contributed by atoms with van der Waals surface area (Å²) in [5, 5.41) is 0. The number of fused-ring (bicyclic) bond motifs is 1. The highest BCUT2D eigenvalue weighted by Gasteiger charge is 2.17. The second-order valence-electron chi connectivity index (χ2n) is 6.34. The maximum absolute atomic E-state index is 5.65. The van der Waals surface area contributed by atoms with Gasteiger partial charge in [0, 0.05) is 6.42 Å². The second-order valence-corrected chi connectivity index (χ2v) is 6.34. The number of nitrogens with zero attached hydrogens (tertiary/aromatic N) is 1. The number of nitrogens with one attached hydrogen (secondary N) is 1. The summed E-state index contributed by atoms with van der Waals surface area (Å²) in [5.41, 5.74) is 10.8. The molecule has 19 heavy (non-hydrogen) atoms. The number of rotatable bonds is 5. The molecule has 0 unspecified atom stereocenters. The van der Waals surface area contributed by atoms with Crippen molar-refractivity contribution in [1.29, 1.82) is 0 Å². The van der Waals surface area contributed by atoms with Crippen LogP contribution < -0.4 is 5.73 Å². The van der Waals surface area contributed by atoms with Gasteiger partial charge in [-0.25, -0.2) is 4.98 Å². The maximum Gasteiger partial charge on any atom is 0.107 e. The molecule has 2 rings (SSSR count). The van der Waals surface area contributed by atoms with E-state index in [1.165, 1.54) is 11.1 Å². The van der Waals surface area contributed by atoms with Crippen LogP contribution in [0.2, 0.25) is 0 Å². The fraction of sp³-hybridized carbons (Fsp3) is 0.562. The lowest BCUT2D eigenvalue weighted by atomic mass is 9.84. The number of aromatic amines is 1. The molecule has 0 aliphatic carbocycles. The minimum Gasteiger partial charge on any atom is -0.342 e. The van der Waals surface area contributed by atoms with Crippen molar-refractivity contribution in [3.63, 3.8) is 0 Å². The number of hydrogen-bond donors (Lipinski definition) is 2. The van der Waals surface area contributed by atoms with Crippen molar-refractivity contribution >= 4 is 11.0 Å². The lowest BCUT2D eigenvalue weighted by Gasteiger charge is -2.22. The third kappa shape index (κ3) is 3.35. The zero-order valence-electron chi connectivity index (χ0n) is 12.5. The second kappa shape index (κ2) is 5.33. The van der Waals surface area contributed by atoms with Crippen molar-refractivity contribution in [2.45, 2.75) is 47.0 Å². The number of hydrogen-bond acceptors (Lipinski definition) is 2. The molecule has 3 nitrogen and oxygen atoms in total. The van der Waals surface area contributed by atoms with Crippen LogP contribution in [0.4, 0.5) is 0 Å². The Morgan fingerprint density at radius 3 is 2.53 bits per heavy atom. The molecule has 0 spiro atoms. The summed E-state index contributed by atoms with van der Waals surface area (Å²) >= 11 is 0. The zero-order chi connectivity index (χ0) is 14.0. The largest absolute Gasteiger partial charge is 0.342 e. The molecule has 0 fully saturated rings. The summed E-state index contributed by atoms with van der Waals surface area (Å²) < 4.78 is 0. The van der Waals surface area contributed by atoms with Gasteiger partial charge in [-0.3, -0.25) is 0 Å². The van der Waals surface area contributed by atoms with Crippen molar-refractivity contribution in [2.24, 2.45) is 11.1 Å². The number of aryl methyl sites for hydroxylation is 3. The van der Waals surface area contributed by atoms with E-state index >= 15 is 0 Å². The van der Waals surface area contributed by atoms with Crippen LogP contribution in [0.5, 0.6) is 0 Å². The Morgan fingerprint density at radius 2 is 1.84 bits per heavy atom. The van der Waals surface area contributed by atoms with Gasteiger partial charge in [0.2, 0.25) is 0 Å². The summed E-state index contributed by atoms with van der Waals surface area (Å²) in [6, 6.07) is 4.35. The van der Waals surface area contributed by atoms with E-state index < -0.39 is 0 Å². The Morgan fingerprint density at radius 1 is 1.16 bits per heavy atom. The molecule has 1 aromatic heterocycles. The molecule has 1 heterocycles. The van der Waals surface area contributed by atoms with Gasteiger partial charge >= 0.3 is 0 Å². The predicted molar refractivity (Wildman–Crippen MR) is 81.3 cm³/mol. The zero-order valence-corrected chi connectivity index (χ0v) is 12.5. The number of nitrogens with two attached hydrogens (primary N) is 1. The minimum atomic E-state index is 0.291. The minimum absolute atomic E-state index is 0.291. The molecule has 3 N–H and O–H groups in total. The van der Waals surface area contributed by atoms with Gasteiger partial charge in [-0.05, 0) is 61.9 Å². The Hall–Kier alpha value is -1.35. The van der Waals surface area contributed by atoms with Gasteiger partial charge in [-0.1, -0.05) is 13.8 Å². The van der Waals surface area contributed by atoms with Gasteiger partial charge in [-0.2, -0.15) is 0 Å². The molecule has 0 saturated carbocycles. The average Bonchev–Trinajstić information content (AvgIpc) is 2.69. The predicted octanol–water partition coefficient (Wildman–Crippen LogP) is 3.49. The molecular weight excluding hydrogens is 234 g/mol. The normalized spacial score (nSPS) is 12.3. The molecule has 0 amide bonds. The first-order valence-corrected chi connectivity index (χ1v) is 7.07. The standard InChI is InChI=1S/C16H25N3/c1-11-9-13-14(10-12(11)2)19-15(18-13)5-6-16(3,4)7-8-17/h9-10H,5-8,17H2,1-4H3,(H,18,19). The SMILES string of the molecule is Cc1cc2nc(CCC(C)(C)CCN)[nH]c2cc1C. The fourth-order valence-electron chi connectivity index (χ4n) is 2.41. The summed E-state index contributed by atoms with van der Waals surface area (Å²) in [4.78, 5) is 8.13. The van der Waals surface area contributed by atoms with E-state index in [2.05, 4.69) is 44.8 Å². The molecule has 0 bridgehead atoms. The molecule has 2 aromatic rings. The van der Waals surface area contributed by atoms with Crippen molar-refractivity contribution in [3.05, 3.63) is 29.1 Å². The van der Waals surface area contributed by atoms with Crippen molar-refractivity contribution in [1.82, 2.24) is 9.97 Å². The highest BCUT2D eigenvalue weighted by Crippen LogP contribution is 2.26. The maximum atomic E-state index is 5.65. The molecule has 0 atom stereocenters. The van der Waals surface area contributed by atoms with Crippen molar-refractivity contribution in [3.8, 4) is 0 Å². The molecule has 104 valence electrons. The van der Waals surface area contributed by atoms with Gasteiger partial charge in [0.1, 0.15) is 5.82 Å². The Kier molecular flexibility index (Phi) is 3.95. The number of H-pyrrole nitrogens is 1. The highest BCUT2D eigenvalue weighted by atomic mass is 14.9. The van der Waals surface area contributed by atoms with Crippen LogP contribution in [0.1, 0.15) is 43.6 Å². The van der Waals surface area contributed by atoms with Crippen LogP contribution >= 0.6 is 0 Å². The van der Waals surface area contributed by atoms with E-state index in [0.29, 0.717) is 5.41 Å². The third-order valence-electron chi connectivity index (χ3n) is 4.01. The fourth-order valence-corrected chi connectivity index (χ4v) is 2.41. The van der Waals surface area contributed by atoms with Gasteiger partial charge in [-0.15, -0.1) is 0 Å². The Bertz CT molecular complexity index is 528. The summed E-state index contributed by atoms with van der Waals surface area (Å²) in [6.45, 7) is 9.58. The number of benzene rings is 1. The van der Waals surface area contributed by atoms with Crippen LogP contribution in [0, 0.1) is 19.3 Å². The van der Waals surface area contributed by atoms with E-state index in [9.17, 15) is 0 Å². The lowest BCUT2D eigenvalue weighted by molar-refractivity contribution is 0.311. The lowest BCUT2D eigenvalue weighted by Crippen LogP contribution is -2.18. The van der Waals surface area contributed by atoms with Crippen LogP contribution in [0.3, 0.4) is 0 Å². The van der Waals surface area contributed by atoms with Gasteiger partial charge in [0.05, 0.1) is 11.0 Å². The van der Waals surface area contributed by atoms with Crippen LogP contribution in [-0.4, -0.2) is 16.5 Å². The smallest absolute Gasteiger partial charge is 0.107 e. The van der Waals surface area contributed by atoms with Gasteiger partial charge in [0.25, 0.3) is 0 Å². The third-order valence-corrected chi connectivity index (χ3v) is 4.01. The Balaban J connectivity index is 2.14. The van der Waals surface area contributed by atoms with Crippen molar-refractivity contribution < 1.29 is 0 Å². The molecular formula is C16H25N3. The molecule has 0 saturated heterocycles. The van der Waals surface area contributed by atoms with Gasteiger partial charge in [0.15, 0.2) is 0 Å². The van der Waals surface area contributed by atoms with E-state index in [0.717, 1.165) is 42.7 Å². The first-order chi connectivity index (χ1) is 8.91. The van der Waals surface area contributed by atoms with E-state index in [-0.39, 0.29) is 0 Å². The highest BCUT2D eigenvalue weighted by molar-refractivity contribution is 5.77. The first kappa shape index (κ1) is 14.1. The topological polar surface area (TPSA) is 54.7 Å². The molecule has 0 aliphatic heterocycles. The van der Waals surface area contributed by atoms with Crippen LogP contribution in [0.25, 0.3) is 11.0 Å². The summed E-state index contributed by atoms with van der Waals surface area (Å²) in [7, 11) is 0. The van der Waals surface area contributed by atoms with E-state index in [1.807, 2.05) is 0 Å². The summed E-state index contributed by atoms with van der Waals surface area (Å²) in [6.07, 6.45) is 3.16. The monoisotopic (exact) mass is 259 g/mol. The molecule has 0 aliphatic rings. The first-order valence-electron chi connectivity index (χ1n) is 7.07. The number of imidazole rings is 1. The van der Waals surface area contributed by atoms with E-state index in [4.69, 9.17) is 10.7 Å². The van der Waals surface area contributed by atoms with Crippen LogP contribution in [0.15, 0.2) is 12.1 Å². The summed E-state index contributed by atoms with van der Waals surface area (Å²) in [5.74, 6) is 1.09. The average molecular weight is 259 g/mol. The quantitative estimate of drug-likeness (QED) is 0.863. The van der Waals surface area contributed by atoms with Crippen LogP contribution in [-0.2, 0) is 6.42 Å². The van der Waals surface area contributed by atoms with E-state index in [1.54, 1.807) is 0 Å². The number of aromatic nitrogens is 2. The molecule has 3 heteroatoms.